The van der Waals surface area contributed by atoms with Gasteiger partial charge in [0.25, 0.3) is 0 Å². The monoisotopic (exact) mass is 448 g/mol. The van der Waals surface area contributed by atoms with Gasteiger partial charge in [-0.25, -0.2) is 4.57 Å². The van der Waals surface area contributed by atoms with Crippen LogP contribution in [0.1, 0.15) is 149 Å². The predicted octanol–water partition coefficient (Wildman–Crippen LogP) is 8.94. The molecule has 182 valence electrons. The molecule has 1 atom stereocenters. The minimum atomic E-state index is -4.35. The smallest absolute Gasteiger partial charge is 0.303 e. The largest absolute Gasteiger partial charge is 0.469 e. The zero-order valence-electron chi connectivity index (χ0n) is 20.3. The summed E-state index contributed by atoms with van der Waals surface area (Å²) in [6, 6.07) is 0. The number of unbranched alkanes of at least 4 members (excludes halogenated alkanes) is 17. The van der Waals surface area contributed by atoms with Gasteiger partial charge in [0, 0.05) is 0 Å². The predicted molar refractivity (Wildman–Crippen MR) is 130 cm³/mol. The van der Waals surface area contributed by atoms with Gasteiger partial charge in [0.05, 0.1) is 6.61 Å². The molecule has 0 saturated carbocycles. The third kappa shape index (κ3) is 24.4. The summed E-state index contributed by atoms with van der Waals surface area (Å²) in [5, 5.41) is 0. The first-order chi connectivity index (χ1) is 14.5. The highest BCUT2D eigenvalue weighted by Gasteiger charge is 2.18. The highest BCUT2D eigenvalue weighted by atomic mass is 31.2. The van der Waals surface area contributed by atoms with E-state index in [1.54, 1.807) is 0 Å². The second kappa shape index (κ2) is 22.3. The van der Waals surface area contributed by atoms with Gasteiger partial charge in [0.2, 0.25) is 0 Å². The fourth-order valence-electron chi connectivity index (χ4n) is 4.18. The van der Waals surface area contributed by atoms with E-state index < -0.39 is 7.82 Å². The Hall–Kier alpha value is 0.110. The molecule has 0 fully saturated rings. The van der Waals surface area contributed by atoms with E-state index in [-0.39, 0.29) is 12.5 Å². The maximum absolute atomic E-state index is 11.1. The molecule has 0 aromatic carbocycles. The van der Waals surface area contributed by atoms with E-state index in [1.165, 1.54) is 109 Å². The van der Waals surface area contributed by atoms with Gasteiger partial charge in [-0.2, -0.15) is 0 Å². The van der Waals surface area contributed by atoms with Crippen LogP contribution in [-0.2, 0) is 9.09 Å². The summed E-state index contributed by atoms with van der Waals surface area (Å²) in [7, 11) is -4.35. The molecule has 0 spiro atoms. The molecule has 0 amide bonds. The Labute approximate surface area is 188 Å². The standard InChI is InChI=1S/C25H53O4P/c1-3-5-7-9-11-13-14-15-17-19-21-23-25(24-29-30(26,27)28)22-20-18-16-12-10-8-6-4-2/h25H,3-24H2,1-2H3,(H2,26,27,28). The van der Waals surface area contributed by atoms with Crippen LogP contribution in [0.3, 0.4) is 0 Å². The molecule has 0 aliphatic heterocycles. The normalized spacial score (nSPS) is 13.1. The van der Waals surface area contributed by atoms with E-state index in [1.807, 2.05) is 0 Å². The molecule has 0 rings (SSSR count). The number of hydrogen-bond donors (Lipinski definition) is 2. The van der Waals surface area contributed by atoms with Crippen molar-refractivity contribution in [2.45, 2.75) is 149 Å². The molecule has 5 heteroatoms. The van der Waals surface area contributed by atoms with Crippen molar-refractivity contribution in [1.29, 1.82) is 0 Å². The molecule has 0 radical (unpaired) electrons. The van der Waals surface area contributed by atoms with Crippen molar-refractivity contribution >= 4 is 7.82 Å². The van der Waals surface area contributed by atoms with Crippen molar-refractivity contribution in [3.63, 3.8) is 0 Å². The van der Waals surface area contributed by atoms with Crippen molar-refractivity contribution in [3.8, 4) is 0 Å². The Bertz CT molecular complexity index is 383. The Morgan fingerprint density at radius 3 is 1.17 bits per heavy atom. The molecular weight excluding hydrogens is 395 g/mol. The molecule has 1 unspecified atom stereocenters. The maximum atomic E-state index is 11.1. The van der Waals surface area contributed by atoms with Crippen LogP contribution in [-0.4, -0.2) is 16.4 Å². The van der Waals surface area contributed by atoms with Crippen LogP contribution in [0.25, 0.3) is 0 Å². The number of phosphoric acid groups is 1. The summed E-state index contributed by atoms with van der Waals surface area (Å²) in [6.07, 6.45) is 27.0. The molecule has 0 saturated heterocycles. The molecule has 0 aromatic heterocycles. The first-order valence-corrected chi connectivity index (χ1v) is 14.7. The van der Waals surface area contributed by atoms with Crippen molar-refractivity contribution in [2.24, 2.45) is 5.92 Å². The Morgan fingerprint density at radius 2 is 0.867 bits per heavy atom. The van der Waals surface area contributed by atoms with Gasteiger partial charge in [-0.15, -0.1) is 0 Å². The second-order valence-electron chi connectivity index (χ2n) is 9.24. The molecule has 2 N–H and O–H groups in total. The van der Waals surface area contributed by atoms with Gasteiger partial charge in [-0.3, -0.25) is 4.52 Å². The minimum absolute atomic E-state index is 0.207. The summed E-state index contributed by atoms with van der Waals surface area (Å²) in [5.74, 6) is 0.288. The van der Waals surface area contributed by atoms with E-state index in [4.69, 9.17) is 14.3 Å². The minimum Gasteiger partial charge on any atom is -0.303 e. The van der Waals surface area contributed by atoms with Crippen LogP contribution in [0, 0.1) is 5.92 Å². The number of rotatable bonds is 24. The van der Waals surface area contributed by atoms with Crippen LogP contribution in [0.4, 0.5) is 0 Å². The van der Waals surface area contributed by atoms with E-state index in [0.29, 0.717) is 0 Å². The maximum Gasteiger partial charge on any atom is 0.469 e. The lowest BCUT2D eigenvalue weighted by molar-refractivity contribution is 0.157. The van der Waals surface area contributed by atoms with Gasteiger partial charge in [0.1, 0.15) is 0 Å². The molecule has 0 aliphatic rings. The lowest BCUT2D eigenvalue weighted by atomic mass is 9.94. The van der Waals surface area contributed by atoms with Crippen LogP contribution in [0.15, 0.2) is 0 Å². The molecule has 0 heterocycles. The van der Waals surface area contributed by atoms with E-state index in [0.717, 1.165) is 25.7 Å². The summed E-state index contributed by atoms with van der Waals surface area (Å²) in [6.45, 7) is 4.71. The summed E-state index contributed by atoms with van der Waals surface area (Å²) in [4.78, 5) is 18.1. The molecule has 0 aromatic rings. The fraction of sp³-hybridized carbons (Fsp3) is 1.00. The number of hydrogen-bond acceptors (Lipinski definition) is 2. The zero-order chi connectivity index (χ0) is 22.3. The van der Waals surface area contributed by atoms with E-state index in [9.17, 15) is 4.57 Å². The van der Waals surface area contributed by atoms with Gasteiger partial charge in [0.15, 0.2) is 0 Å². The van der Waals surface area contributed by atoms with Crippen LogP contribution < -0.4 is 0 Å². The van der Waals surface area contributed by atoms with Crippen molar-refractivity contribution < 1.29 is 18.9 Å². The van der Waals surface area contributed by atoms with E-state index >= 15 is 0 Å². The lowest BCUT2D eigenvalue weighted by Crippen LogP contribution is -2.09. The van der Waals surface area contributed by atoms with Crippen LogP contribution in [0.2, 0.25) is 0 Å². The highest BCUT2D eigenvalue weighted by molar-refractivity contribution is 7.46. The Balaban J connectivity index is 3.76. The summed E-state index contributed by atoms with van der Waals surface area (Å²) in [5.41, 5.74) is 0. The van der Waals surface area contributed by atoms with Crippen molar-refractivity contribution in [3.05, 3.63) is 0 Å². The number of phosphoric ester groups is 1. The lowest BCUT2D eigenvalue weighted by Gasteiger charge is -2.17. The summed E-state index contributed by atoms with van der Waals surface area (Å²) < 4.78 is 15.9. The molecular formula is C25H53O4P. The van der Waals surface area contributed by atoms with Crippen molar-refractivity contribution in [1.82, 2.24) is 0 Å². The topological polar surface area (TPSA) is 66.8 Å². The van der Waals surface area contributed by atoms with Crippen LogP contribution in [0.5, 0.6) is 0 Å². The Morgan fingerprint density at radius 1 is 0.567 bits per heavy atom. The van der Waals surface area contributed by atoms with Crippen molar-refractivity contribution in [2.75, 3.05) is 6.61 Å². The van der Waals surface area contributed by atoms with Gasteiger partial charge >= 0.3 is 7.82 Å². The molecule has 0 bridgehead atoms. The van der Waals surface area contributed by atoms with Crippen LogP contribution >= 0.6 is 7.82 Å². The Kier molecular flexibility index (Phi) is 22.4. The van der Waals surface area contributed by atoms with E-state index in [2.05, 4.69) is 13.8 Å². The van der Waals surface area contributed by atoms with Gasteiger partial charge in [-0.1, -0.05) is 136 Å². The first kappa shape index (κ1) is 30.1. The zero-order valence-corrected chi connectivity index (χ0v) is 21.2. The fourth-order valence-corrected chi connectivity index (χ4v) is 4.58. The quantitative estimate of drug-likeness (QED) is 0.114. The van der Waals surface area contributed by atoms with Gasteiger partial charge in [-0.05, 0) is 18.8 Å². The SMILES string of the molecule is CCCCCCCCCCCCCC(CCCCCCCCCC)COP(=O)(O)O. The molecule has 4 nitrogen and oxygen atoms in total. The average Bonchev–Trinajstić information content (AvgIpc) is 2.70. The third-order valence-corrected chi connectivity index (χ3v) is 6.65. The third-order valence-electron chi connectivity index (χ3n) is 6.16. The average molecular weight is 449 g/mol. The second-order valence-corrected chi connectivity index (χ2v) is 10.5. The molecule has 30 heavy (non-hydrogen) atoms. The molecule has 0 aliphatic carbocycles. The first-order valence-electron chi connectivity index (χ1n) is 13.2. The summed E-state index contributed by atoms with van der Waals surface area (Å²) >= 11 is 0. The highest BCUT2D eigenvalue weighted by Crippen LogP contribution is 2.37. The van der Waals surface area contributed by atoms with Gasteiger partial charge < -0.3 is 9.79 Å².